The van der Waals surface area contributed by atoms with Crippen molar-refractivity contribution in [1.29, 1.82) is 0 Å². The number of carbonyl (C=O) groups excluding carboxylic acids is 1. The van der Waals surface area contributed by atoms with Gasteiger partial charge in [0.25, 0.3) is 0 Å². The Bertz CT molecular complexity index is 753. The van der Waals surface area contributed by atoms with Crippen LogP contribution in [0.1, 0.15) is 29.9 Å². The molecule has 0 saturated carbocycles. The molecule has 0 aliphatic carbocycles. The molecule has 2 aromatic rings. The van der Waals surface area contributed by atoms with Crippen molar-refractivity contribution in [3.05, 3.63) is 59.7 Å². The Hall–Kier alpha value is -2.63. The summed E-state index contributed by atoms with van der Waals surface area (Å²) >= 11 is 0. The molecule has 1 aliphatic heterocycles. The first-order valence-electron chi connectivity index (χ1n) is 8.69. The molecule has 0 aromatic heterocycles. The standard InChI is InChI=1S/C20H22F2N2O2/c1-14-12-17(26-19(21)22)9-10-18(14)23-20(25)24-11-5-8-16(13-24)15-6-3-2-4-7-15/h2-4,6-7,9-10,12,16,19H,5,8,11,13H2,1H3,(H,23,25). The maximum atomic E-state index is 12.6. The molecule has 26 heavy (non-hydrogen) atoms. The van der Waals surface area contributed by atoms with Gasteiger partial charge in [-0.3, -0.25) is 0 Å². The molecule has 2 aromatic carbocycles. The van der Waals surface area contributed by atoms with Crippen molar-refractivity contribution >= 4 is 11.7 Å². The van der Waals surface area contributed by atoms with Gasteiger partial charge >= 0.3 is 12.6 Å². The highest BCUT2D eigenvalue weighted by atomic mass is 19.3. The number of urea groups is 1. The number of likely N-dealkylation sites (tertiary alicyclic amines) is 1. The van der Waals surface area contributed by atoms with E-state index in [1.54, 1.807) is 13.0 Å². The average molecular weight is 360 g/mol. The Morgan fingerprint density at radius 1 is 1.23 bits per heavy atom. The Morgan fingerprint density at radius 3 is 2.69 bits per heavy atom. The number of anilines is 1. The van der Waals surface area contributed by atoms with E-state index in [0.717, 1.165) is 12.8 Å². The van der Waals surface area contributed by atoms with E-state index in [1.807, 2.05) is 23.1 Å². The molecule has 0 spiro atoms. The number of hydrogen-bond donors (Lipinski definition) is 1. The first-order chi connectivity index (χ1) is 12.5. The van der Waals surface area contributed by atoms with E-state index in [4.69, 9.17) is 0 Å². The van der Waals surface area contributed by atoms with E-state index >= 15 is 0 Å². The van der Waals surface area contributed by atoms with Crippen LogP contribution in [0.25, 0.3) is 0 Å². The minimum absolute atomic E-state index is 0.0811. The van der Waals surface area contributed by atoms with E-state index < -0.39 is 6.61 Å². The van der Waals surface area contributed by atoms with E-state index in [-0.39, 0.29) is 11.8 Å². The summed E-state index contributed by atoms with van der Waals surface area (Å²) < 4.78 is 28.9. The number of benzene rings is 2. The number of alkyl halides is 2. The second-order valence-corrected chi connectivity index (χ2v) is 6.48. The van der Waals surface area contributed by atoms with Crippen LogP contribution in [-0.4, -0.2) is 30.6 Å². The van der Waals surface area contributed by atoms with Crippen LogP contribution in [-0.2, 0) is 0 Å². The third kappa shape index (κ3) is 4.50. The number of piperidine rings is 1. The number of nitrogens with zero attached hydrogens (tertiary/aromatic N) is 1. The van der Waals surface area contributed by atoms with Gasteiger partial charge in [0.2, 0.25) is 0 Å². The van der Waals surface area contributed by atoms with Gasteiger partial charge in [-0.05, 0) is 49.1 Å². The Balaban J connectivity index is 1.64. The summed E-state index contributed by atoms with van der Waals surface area (Å²) in [6, 6.07) is 14.5. The number of hydrogen-bond acceptors (Lipinski definition) is 2. The number of amides is 2. The lowest BCUT2D eigenvalue weighted by Crippen LogP contribution is -2.41. The molecule has 4 nitrogen and oxygen atoms in total. The van der Waals surface area contributed by atoms with Gasteiger partial charge in [0, 0.05) is 24.7 Å². The molecule has 1 saturated heterocycles. The van der Waals surface area contributed by atoms with Crippen LogP contribution in [0.5, 0.6) is 5.75 Å². The monoisotopic (exact) mass is 360 g/mol. The molecular weight excluding hydrogens is 338 g/mol. The van der Waals surface area contributed by atoms with E-state index in [0.29, 0.717) is 30.3 Å². The molecule has 1 aliphatic rings. The fourth-order valence-corrected chi connectivity index (χ4v) is 3.31. The highest BCUT2D eigenvalue weighted by Crippen LogP contribution is 2.28. The summed E-state index contributed by atoms with van der Waals surface area (Å²) in [7, 11) is 0. The van der Waals surface area contributed by atoms with Gasteiger partial charge < -0.3 is 15.0 Å². The van der Waals surface area contributed by atoms with Crippen LogP contribution in [0, 0.1) is 6.92 Å². The van der Waals surface area contributed by atoms with Gasteiger partial charge in [-0.25, -0.2) is 4.79 Å². The van der Waals surface area contributed by atoms with Crippen molar-refractivity contribution in [3.63, 3.8) is 0 Å². The molecule has 0 radical (unpaired) electrons. The quantitative estimate of drug-likeness (QED) is 0.833. The fourth-order valence-electron chi connectivity index (χ4n) is 3.31. The largest absolute Gasteiger partial charge is 0.435 e. The summed E-state index contributed by atoms with van der Waals surface area (Å²) in [6.45, 7) is 0.261. The van der Waals surface area contributed by atoms with Crippen LogP contribution in [0.4, 0.5) is 19.3 Å². The first-order valence-corrected chi connectivity index (χ1v) is 8.69. The molecule has 1 atom stereocenters. The molecule has 1 N–H and O–H groups in total. The predicted octanol–water partition coefficient (Wildman–Crippen LogP) is 5.01. The van der Waals surface area contributed by atoms with Crippen molar-refractivity contribution in [3.8, 4) is 5.75 Å². The smallest absolute Gasteiger partial charge is 0.387 e. The van der Waals surface area contributed by atoms with Gasteiger partial charge in [-0.15, -0.1) is 0 Å². The van der Waals surface area contributed by atoms with Crippen molar-refractivity contribution < 1.29 is 18.3 Å². The topological polar surface area (TPSA) is 41.6 Å². The minimum atomic E-state index is -2.86. The molecule has 6 heteroatoms. The zero-order chi connectivity index (χ0) is 18.5. The predicted molar refractivity (Wildman–Crippen MR) is 96.8 cm³/mol. The van der Waals surface area contributed by atoms with Crippen LogP contribution in [0.2, 0.25) is 0 Å². The van der Waals surface area contributed by atoms with Crippen molar-refractivity contribution in [1.82, 2.24) is 4.90 Å². The minimum Gasteiger partial charge on any atom is -0.435 e. The fraction of sp³-hybridized carbons (Fsp3) is 0.350. The van der Waals surface area contributed by atoms with Gasteiger partial charge in [0.1, 0.15) is 5.75 Å². The zero-order valence-electron chi connectivity index (χ0n) is 14.6. The van der Waals surface area contributed by atoms with Crippen LogP contribution in [0.3, 0.4) is 0 Å². The lowest BCUT2D eigenvalue weighted by Gasteiger charge is -2.33. The van der Waals surface area contributed by atoms with Crippen molar-refractivity contribution in [2.75, 3.05) is 18.4 Å². The number of aryl methyl sites for hydroxylation is 1. The van der Waals surface area contributed by atoms with Gasteiger partial charge in [0.15, 0.2) is 0 Å². The van der Waals surface area contributed by atoms with Crippen LogP contribution >= 0.6 is 0 Å². The van der Waals surface area contributed by atoms with E-state index in [1.165, 1.54) is 17.7 Å². The van der Waals surface area contributed by atoms with Gasteiger partial charge in [-0.2, -0.15) is 8.78 Å². The normalized spacial score (nSPS) is 17.2. The molecule has 2 amide bonds. The Labute approximate surface area is 151 Å². The van der Waals surface area contributed by atoms with Crippen LogP contribution < -0.4 is 10.1 Å². The summed E-state index contributed by atoms with van der Waals surface area (Å²) in [4.78, 5) is 14.4. The summed E-state index contributed by atoms with van der Waals surface area (Å²) in [6.07, 6.45) is 2.01. The second kappa shape index (κ2) is 8.17. The van der Waals surface area contributed by atoms with Gasteiger partial charge in [-0.1, -0.05) is 30.3 Å². The van der Waals surface area contributed by atoms with E-state index in [2.05, 4.69) is 22.2 Å². The number of rotatable bonds is 4. The average Bonchev–Trinajstić information content (AvgIpc) is 2.64. The summed E-state index contributed by atoms with van der Waals surface area (Å²) in [5.74, 6) is 0.413. The summed E-state index contributed by atoms with van der Waals surface area (Å²) in [5.41, 5.74) is 2.52. The Kier molecular flexibility index (Phi) is 5.71. The SMILES string of the molecule is Cc1cc(OC(F)F)ccc1NC(=O)N1CCCC(c2ccccc2)C1. The number of halogens is 2. The molecule has 1 fully saturated rings. The second-order valence-electron chi connectivity index (χ2n) is 6.48. The highest BCUT2D eigenvalue weighted by Gasteiger charge is 2.25. The third-order valence-electron chi connectivity index (χ3n) is 4.64. The maximum absolute atomic E-state index is 12.6. The Morgan fingerprint density at radius 2 is 2.00 bits per heavy atom. The van der Waals surface area contributed by atoms with E-state index in [9.17, 15) is 13.6 Å². The summed E-state index contributed by atoms with van der Waals surface area (Å²) in [5, 5.41) is 2.88. The van der Waals surface area contributed by atoms with Crippen molar-refractivity contribution in [2.45, 2.75) is 32.3 Å². The molecule has 1 heterocycles. The first kappa shape index (κ1) is 18.2. The lowest BCUT2D eigenvalue weighted by molar-refractivity contribution is -0.0498. The number of nitrogens with one attached hydrogen (secondary N) is 1. The maximum Gasteiger partial charge on any atom is 0.387 e. The zero-order valence-corrected chi connectivity index (χ0v) is 14.6. The number of carbonyl (C=O) groups is 1. The van der Waals surface area contributed by atoms with Gasteiger partial charge in [0.05, 0.1) is 0 Å². The van der Waals surface area contributed by atoms with Crippen molar-refractivity contribution in [2.24, 2.45) is 0 Å². The molecular formula is C20H22F2N2O2. The lowest BCUT2D eigenvalue weighted by atomic mass is 9.91. The highest BCUT2D eigenvalue weighted by molar-refractivity contribution is 5.90. The molecule has 3 rings (SSSR count). The third-order valence-corrected chi connectivity index (χ3v) is 4.64. The van der Waals surface area contributed by atoms with Crippen LogP contribution in [0.15, 0.2) is 48.5 Å². The molecule has 138 valence electrons. The molecule has 0 bridgehead atoms. The number of ether oxygens (including phenoxy) is 1. The molecule has 1 unspecified atom stereocenters.